The number of amidine groups is 1. The number of rotatable bonds is 2. The molecule has 3 N–H and O–H groups in total. The van der Waals surface area contributed by atoms with Crippen LogP contribution in [0, 0.1) is 5.92 Å². The molecule has 4 heteroatoms. The first-order valence-corrected chi connectivity index (χ1v) is 5.51. The Balaban J connectivity index is 1.96. The highest BCUT2D eigenvalue weighted by Gasteiger charge is 2.34. The van der Waals surface area contributed by atoms with Gasteiger partial charge in [-0.1, -0.05) is 11.6 Å². The van der Waals surface area contributed by atoms with Gasteiger partial charge in [-0.3, -0.25) is 4.90 Å². The molecule has 1 saturated carbocycles. The Kier molecular flexibility index (Phi) is 2.91. The summed E-state index contributed by atoms with van der Waals surface area (Å²) in [5.74, 6) is 1.22. The summed E-state index contributed by atoms with van der Waals surface area (Å²) in [7, 11) is 0. The van der Waals surface area contributed by atoms with E-state index < -0.39 is 0 Å². The lowest BCUT2D eigenvalue weighted by atomic mass is 9.92. The van der Waals surface area contributed by atoms with Gasteiger partial charge in [0, 0.05) is 6.04 Å². The molecule has 2 atom stereocenters. The monoisotopic (exact) mass is 197 g/mol. The zero-order chi connectivity index (χ0) is 9.97. The van der Waals surface area contributed by atoms with Crippen LogP contribution in [0.25, 0.3) is 0 Å². The first kappa shape index (κ1) is 9.77. The molecule has 2 fully saturated rings. The largest absolute Gasteiger partial charge is 0.409 e. The van der Waals surface area contributed by atoms with E-state index in [1.54, 1.807) is 0 Å². The number of oxime groups is 1. The van der Waals surface area contributed by atoms with Crippen LogP contribution in [0.5, 0.6) is 0 Å². The van der Waals surface area contributed by atoms with Crippen LogP contribution in [-0.2, 0) is 0 Å². The molecule has 0 aromatic rings. The van der Waals surface area contributed by atoms with Crippen molar-refractivity contribution >= 4 is 5.84 Å². The number of likely N-dealkylation sites (tertiary alicyclic amines) is 1. The molecule has 0 radical (unpaired) electrons. The molecular weight excluding hydrogens is 178 g/mol. The fraction of sp³-hybridized carbons (Fsp3) is 0.900. The summed E-state index contributed by atoms with van der Waals surface area (Å²) < 4.78 is 0. The fourth-order valence-electron chi connectivity index (χ4n) is 2.99. The molecule has 4 nitrogen and oxygen atoms in total. The van der Waals surface area contributed by atoms with Gasteiger partial charge >= 0.3 is 0 Å². The van der Waals surface area contributed by atoms with Crippen LogP contribution in [0.4, 0.5) is 0 Å². The molecule has 0 aromatic carbocycles. The molecule has 1 aliphatic carbocycles. The standard InChI is InChI=1S/C10H19N3O/c11-10(12-14)7-13-6-2-4-8-3-1-5-9(8)13/h8-9,14H,1-7H2,(H2,11,12). The number of nitrogens with zero attached hydrogens (tertiary/aromatic N) is 2. The van der Waals surface area contributed by atoms with Gasteiger partial charge in [0.1, 0.15) is 0 Å². The number of hydrogen-bond acceptors (Lipinski definition) is 3. The van der Waals surface area contributed by atoms with Crippen LogP contribution < -0.4 is 5.73 Å². The van der Waals surface area contributed by atoms with Gasteiger partial charge in [-0.2, -0.15) is 0 Å². The number of hydrogen-bond donors (Lipinski definition) is 2. The van der Waals surface area contributed by atoms with Crippen molar-refractivity contribution in [2.75, 3.05) is 13.1 Å². The molecule has 2 aliphatic rings. The minimum Gasteiger partial charge on any atom is -0.409 e. The van der Waals surface area contributed by atoms with E-state index in [-0.39, 0.29) is 0 Å². The van der Waals surface area contributed by atoms with Gasteiger partial charge in [0.2, 0.25) is 0 Å². The van der Waals surface area contributed by atoms with Gasteiger partial charge in [0.05, 0.1) is 6.54 Å². The average Bonchev–Trinajstić information content (AvgIpc) is 2.66. The second-order valence-corrected chi connectivity index (χ2v) is 4.46. The Morgan fingerprint density at radius 1 is 1.36 bits per heavy atom. The molecule has 1 heterocycles. The predicted octanol–water partition coefficient (Wildman–Crippen LogP) is 0.997. The first-order valence-electron chi connectivity index (χ1n) is 5.51. The van der Waals surface area contributed by atoms with Crippen molar-refractivity contribution in [2.24, 2.45) is 16.8 Å². The highest BCUT2D eigenvalue weighted by atomic mass is 16.4. The number of nitrogens with two attached hydrogens (primary N) is 1. The highest BCUT2D eigenvalue weighted by molar-refractivity contribution is 5.81. The van der Waals surface area contributed by atoms with Gasteiger partial charge < -0.3 is 10.9 Å². The van der Waals surface area contributed by atoms with Crippen LogP contribution in [0.1, 0.15) is 32.1 Å². The van der Waals surface area contributed by atoms with Crippen molar-refractivity contribution in [3.8, 4) is 0 Å². The summed E-state index contributed by atoms with van der Waals surface area (Å²) in [4.78, 5) is 2.39. The quantitative estimate of drug-likeness (QED) is 0.300. The smallest absolute Gasteiger partial charge is 0.153 e. The summed E-state index contributed by atoms with van der Waals surface area (Å²) >= 11 is 0. The molecule has 1 aliphatic heterocycles. The Labute approximate surface area is 84.8 Å². The van der Waals surface area contributed by atoms with Crippen molar-refractivity contribution in [3.63, 3.8) is 0 Å². The molecular formula is C10H19N3O. The van der Waals surface area contributed by atoms with E-state index in [1.165, 1.54) is 32.1 Å². The van der Waals surface area contributed by atoms with Crippen LogP contribution in [0.3, 0.4) is 0 Å². The third-order valence-electron chi connectivity index (χ3n) is 3.60. The zero-order valence-corrected chi connectivity index (χ0v) is 8.52. The molecule has 0 amide bonds. The van der Waals surface area contributed by atoms with Crippen molar-refractivity contribution in [1.29, 1.82) is 0 Å². The van der Waals surface area contributed by atoms with Crippen molar-refractivity contribution in [1.82, 2.24) is 4.90 Å². The van der Waals surface area contributed by atoms with Crippen LogP contribution in [-0.4, -0.2) is 35.1 Å². The third-order valence-corrected chi connectivity index (χ3v) is 3.60. The van der Waals surface area contributed by atoms with Crippen LogP contribution in [0.2, 0.25) is 0 Å². The van der Waals surface area contributed by atoms with E-state index in [1.807, 2.05) is 0 Å². The van der Waals surface area contributed by atoms with E-state index in [9.17, 15) is 0 Å². The Hall–Kier alpha value is -0.770. The van der Waals surface area contributed by atoms with Gasteiger partial charge in [0.25, 0.3) is 0 Å². The minimum atomic E-state index is 0.345. The molecule has 0 bridgehead atoms. The molecule has 2 unspecified atom stereocenters. The number of fused-ring (bicyclic) bond motifs is 1. The lowest BCUT2D eigenvalue weighted by Gasteiger charge is -2.37. The topological polar surface area (TPSA) is 61.8 Å². The summed E-state index contributed by atoms with van der Waals surface area (Å²) in [5, 5.41) is 11.6. The molecule has 80 valence electrons. The van der Waals surface area contributed by atoms with E-state index in [2.05, 4.69) is 10.1 Å². The lowest BCUT2D eigenvalue weighted by Crippen LogP contribution is -2.46. The SMILES string of the molecule is NC(CN1CCCC2CCCC21)=NO. The van der Waals surface area contributed by atoms with E-state index in [0.29, 0.717) is 18.4 Å². The maximum absolute atomic E-state index is 8.54. The zero-order valence-electron chi connectivity index (χ0n) is 8.52. The highest BCUT2D eigenvalue weighted by Crippen LogP contribution is 2.36. The number of piperidine rings is 1. The molecule has 0 spiro atoms. The van der Waals surface area contributed by atoms with Gasteiger partial charge in [-0.05, 0) is 38.1 Å². The summed E-state index contributed by atoms with van der Waals surface area (Å²) in [6, 6.07) is 0.698. The summed E-state index contributed by atoms with van der Waals surface area (Å²) in [5.41, 5.74) is 5.54. The van der Waals surface area contributed by atoms with Crippen LogP contribution >= 0.6 is 0 Å². The molecule has 2 rings (SSSR count). The Bertz CT molecular complexity index is 229. The molecule has 14 heavy (non-hydrogen) atoms. The Morgan fingerprint density at radius 3 is 2.93 bits per heavy atom. The van der Waals surface area contributed by atoms with E-state index >= 15 is 0 Å². The fourth-order valence-corrected chi connectivity index (χ4v) is 2.99. The molecule has 1 saturated heterocycles. The second-order valence-electron chi connectivity index (χ2n) is 4.46. The first-order chi connectivity index (χ1) is 6.81. The maximum atomic E-state index is 8.54. The van der Waals surface area contributed by atoms with Crippen molar-refractivity contribution in [2.45, 2.75) is 38.1 Å². The Morgan fingerprint density at radius 2 is 2.14 bits per heavy atom. The van der Waals surface area contributed by atoms with Gasteiger partial charge in [0.15, 0.2) is 5.84 Å². The van der Waals surface area contributed by atoms with Gasteiger partial charge in [-0.25, -0.2) is 0 Å². The second kappa shape index (κ2) is 4.17. The predicted molar refractivity (Wildman–Crippen MR) is 55.3 cm³/mol. The normalized spacial score (nSPS) is 34.4. The third kappa shape index (κ3) is 1.85. The average molecular weight is 197 g/mol. The summed E-state index contributed by atoms with van der Waals surface area (Å²) in [6.45, 7) is 1.75. The van der Waals surface area contributed by atoms with Gasteiger partial charge in [-0.15, -0.1) is 0 Å². The maximum Gasteiger partial charge on any atom is 0.153 e. The van der Waals surface area contributed by atoms with Crippen molar-refractivity contribution in [3.05, 3.63) is 0 Å². The van der Waals surface area contributed by atoms with Crippen LogP contribution in [0.15, 0.2) is 5.16 Å². The molecule has 0 aromatic heterocycles. The van der Waals surface area contributed by atoms with E-state index in [4.69, 9.17) is 10.9 Å². The van der Waals surface area contributed by atoms with E-state index in [0.717, 1.165) is 12.5 Å². The summed E-state index contributed by atoms with van der Waals surface area (Å²) in [6.07, 6.45) is 6.65. The minimum absolute atomic E-state index is 0.345. The lowest BCUT2D eigenvalue weighted by molar-refractivity contribution is 0.130. The van der Waals surface area contributed by atoms with Crippen molar-refractivity contribution < 1.29 is 5.21 Å².